The minimum atomic E-state index is 0.450. The van der Waals surface area contributed by atoms with Crippen LogP contribution < -0.4 is 14.8 Å². The number of halogens is 1. The van der Waals surface area contributed by atoms with E-state index in [4.69, 9.17) is 9.47 Å². The first-order valence-electron chi connectivity index (χ1n) is 6.72. The SMILES string of the molecule is CCCNc1ncnc(Oc2ccc(C)cc2OC)c1Br. The van der Waals surface area contributed by atoms with Crippen molar-refractivity contribution >= 4 is 21.7 Å². The number of ether oxygens (including phenoxy) is 2. The zero-order valence-corrected chi connectivity index (χ0v) is 13.9. The maximum Gasteiger partial charge on any atom is 0.239 e. The Kier molecular flexibility index (Phi) is 5.38. The molecular formula is C15H18BrN3O2. The van der Waals surface area contributed by atoms with Crippen molar-refractivity contribution in [1.82, 2.24) is 9.97 Å². The summed E-state index contributed by atoms with van der Waals surface area (Å²) < 4.78 is 11.9. The van der Waals surface area contributed by atoms with Gasteiger partial charge in [-0.1, -0.05) is 13.0 Å². The second kappa shape index (κ2) is 7.26. The molecule has 0 spiro atoms. The van der Waals surface area contributed by atoms with E-state index in [9.17, 15) is 0 Å². The van der Waals surface area contributed by atoms with Gasteiger partial charge in [-0.25, -0.2) is 9.97 Å². The first-order chi connectivity index (χ1) is 10.2. The van der Waals surface area contributed by atoms with Gasteiger partial charge in [0.25, 0.3) is 0 Å². The van der Waals surface area contributed by atoms with Gasteiger partial charge in [-0.05, 0) is 47.0 Å². The molecule has 1 N–H and O–H groups in total. The summed E-state index contributed by atoms with van der Waals surface area (Å²) in [5.74, 6) is 2.45. The Morgan fingerprint density at radius 2 is 2.05 bits per heavy atom. The third-order valence-electron chi connectivity index (χ3n) is 2.83. The van der Waals surface area contributed by atoms with E-state index in [1.807, 2.05) is 25.1 Å². The third-order valence-corrected chi connectivity index (χ3v) is 3.54. The van der Waals surface area contributed by atoms with Crippen LogP contribution in [0.5, 0.6) is 17.4 Å². The minimum Gasteiger partial charge on any atom is -0.493 e. The van der Waals surface area contributed by atoms with Crippen LogP contribution in [-0.4, -0.2) is 23.6 Å². The highest BCUT2D eigenvalue weighted by Gasteiger charge is 2.13. The van der Waals surface area contributed by atoms with Gasteiger partial charge in [-0.2, -0.15) is 0 Å². The molecule has 0 fully saturated rings. The molecule has 0 bridgehead atoms. The lowest BCUT2D eigenvalue weighted by Crippen LogP contribution is -2.04. The predicted octanol–water partition coefficient (Wildman–Crippen LogP) is 4.17. The number of hydrogen-bond acceptors (Lipinski definition) is 5. The van der Waals surface area contributed by atoms with Crippen molar-refractivity contribution in [2.24, 2.45) is 0 Å². The summed E-state index contributed by atoms with van der Waals surface area (Å²) in [5, 5.41) is 3.22. The van der Waals surface area contributed by atoms with E-state index in [1.54, 1.807) is 7.11 Å². The average molecular weight is 352 g/mol. The molecule has 0 radical (unpaired) electrons. The number of rotatable bonds is 6. The van der Waals surface area contributed by atoms with Crippen LogP contribution >= 0.6 is 15.9 Å². The quantitative estimate of drug-likeness (QED) is 0.846. The summed E-state index contributed by atoms with van der Waals surface area (Å²) in [6.45, 7) is 4.93. The van der Waals surface area contributed by atoms with Crippen molar-refractivity contribution in [2.75, 3.05) is 19.0 Å². The molecule has 1 aromatic heterocycles. The monoisotopic (exact) mass is 351 g/mol. The molecule has 0 amide bonds. The lowest BCUT2D eigenvalue weighted by atomic mass is 10.2. The third kappa shape index (κ3) is 3.85. The van der Waals surface area contributed by atoms with E-state index >= 15 is 0 Å². The van der Waals surface area contributed by atoms with E-state index in [2.05, 4.69) is 38.1 Å². The van der Waals surface area contributed by atoms with Crippen molar-refractivity contribution in [1.29, 1.82) is 0 Å². The van der Waals surface area contributed by atoms with Crippen LogP contribution in [0.25, 0.3) is 0 Å². The summed E-state index contributed by atoms with van der Waals surface area (Å²) >= 11 is 3.48. The minimum absolute atomic E-state index is 0.450. The highest BCUT2D eigenvalue weighted by Crippen LogP contribution is 2.36. The molecule has 0 saturated carbocycles. The molecule has 1 heterocycles. The number of aromatic nitrogens is 2. The maximum absolute atomic E-state index is 5.84. The molecule has 112 valence electrons. The fraction of sp³-hybridized carbons (Fsp3) is 0.333. The van der Waals surface area contributed by atoms with Gasteiger partial charge in [0.05, 0.1) is 7.11 Å². The summed E-state index contributed by atoms with van der Waals surface area (Å²) in [4.78, 5) is 8.36. The Morgan fingerprint density at radius 1 is 1.24 bits per heavy atom. The van der Waals surface area contributed by atoms with Crippen molar-refractivity contribution < 1.29 is 9.47 Å². The topological polar surface area (TPSA) is 56.3 Å². The Hall–Kier alpha value is -1.82. The van der Waals surface area contributed by atoms with Gasteiger partial charge in [-0.15, -0.1) is 0 Å². The molecule has 5 nitrogen and oxygen atoms in total. The normalized spacial score (nSPS) is 10.3. The van der Waals surface area contributed by atoms with Crippen LogP contribution in [-0.2, 0) is 0 Å². The molecule has 0 aliphatic carbocycles. The summed E-state index contributed by atoms with van der Waals surface area (Å²) in [6.07, 6.45) is 2.48. The molecule has 0 atom stereocenters. The molecule has 0 unspecified atom stereocenters. The van der Waals surface area contributed by atoms with Gasteiger partial charge in [0, 0.05) is 6.54 Å². The van der Waals surface area contributed by atoms with Gasteiger partial charge < -0.3 is 14.8 Å². The smallest absolute Gasteiger partial charge is 0.239 e. The number of nitrogens with one attached hydrogen (secondary N) is 1. The van der Waals surface area contributed by atoms with Crippen LogP contribution in [0.15, 0.2) is 29.0 Å². The van der Waals surface area contributed by atoms with Crippen LogP contribution in [0.4, 0.5) is 5.82 Å². The standard InChI is InChI=1S/C15H18BrN3O2/c1-4-7-17-14-13(16)15(19-9-18-14)21-11-6-5-10(2)8-12(11)20-3/h5-6,8-9H,4,7H2,1-3H3,(H,17,18,19). The summed E-state index contributed by atoms with van der Waals surface area (Å²) in [7, 11) is 1.62. The van der Waals surface area contributed by atoms with E-state index in [1.165, 1.54) is 6.33 Å². The van der Waals surface area contributed by atoms with E-state index in [-0.39, 0.29) is 0 Å². The second-order valence-corrected chi connectivity index (χ2v) is 5.32. The molecule has 0 saturated heterocycles. The average Bonchev–Trinajstić information content (AvgIpc) is 2.49. The lowest BCUT2D eigenvalue weighted by Gasteiger charge is -2.13. The molecule has 21 heavy (non-hydrogen) atoms. The molecular weight excluding hydrogens is 334 g/mol. The first-order valence-corrected chi connectivity index (χ1v) is 7.51. The van der Waals surface area contributed by atoms with Gasteiger partial charge in [0.1, 0.15) is 16.6 Å². The highest BCUT2D eigenvalue weighted by molar-refractivity contribution is 9.10. The van der Waals surface area contributed by atoms with Gasteiger partial charge in [0.2, 0.25) is 5.88 Å². The van der Waals surface area contributed by atoms with E-state index < -0.39 is 0 Å². The van der Waals surface area contributed by atoms with Gasteiger partial charge >= 0.3 is 0 Å². The zero-order valence-electron chi connectivity index (χ0n) is 12.3. The summed E-state index contributed by atoms with van der Waals surface area (Å²) in [5.41, 5.74) is 1.10. The molecule has 2 rings (SSSR count). The van der Waals surface area contributed by atoms with Gasteiger partial charge in [0.15, 0.2) is 11.5 Å². The number of nitrogens with zero attached hydrogens (tertiary/aromatic N) is 2. The number of hydrogen-bond donors (Lipinski definition) is 1. The van der Waals surface area contributed by atoms with Gasteiger partial charge in [-0.3, -0.25) is 0 Å². The number of methoxy groups -OCH3 is 1. The Morgan fingerprint density at radius 3 is 2.76 bits per heavy atom. The van der Waals surface area contributed by atoms with Crippen molar-refractivity contribution in [3.63, 3.8) is 0 Å². The lowest BCUT2D eigenvalue weighted by molar-refractivity contribution is 0.372. The maximum atomic E-state index is 5.84. The van der Waals surface area contributed by atoms with Crippen LogP contribution in [0.1, 0.15) is 18.9 Å². The molecule has 1 aromatic carbocycles. The van der Waals surface area contributed by atoms with Crippen molar-refractivity contribution in [2.45, 2.75) is 20.3 Å². The zero-order chi connectivity index (χ0) is 15.2. The van der Waals surface area contributed by atoms with Crippen LogP contribution in [0.2, 0.25) is 0 Å². The summed E-state index contributed by atoms with van der Waals surface area (Å²) in [6, 6.07) is 5.74. The van der Waals surface area contributed by atoms with E-state index in [0.717, 1.165) is 18.5 Å². The second-order valence-electron chi connectivity index (χ2n) is 4.52. The molecule has 0 aliphatic rings. The molecule has 0 aliphatic heterocycles. The Balaban J connectivity index is 2.27. The fourth-order valence-electron chi connectivity index (χ4n) is 1.75. The van der Waals surface area contributed by atoms with E-state index in [0.29, 0.717) is 27.7 Å². The largest absolute Gasteiger partial charge is 0.493 e. The van der Waals surface area contributed by atoms with Crippen molar-refractivity contribution in [3.05, 3.63) is 34.6 Å². The fourth-order valence-corrected chi connectivity index (χ4v) is 2.18. The Bertz CT molecular complexity index is 620. The number of anilines is 1. The number of aryl methyl sites for hydroxylation is 1. The molecule has 2 aromatic rings. The highest BCUT2D eigenvalue weighted by atomic mass is 79.9. The Labute approximate surface area is 132 Å². The predicted molar refractivity (Wildman–Crippen MR) is 86.3 cm³/mol. The van der Waals surface area contributed by atoms with Crippen LogP contribution in [0, 0.1) is 6.92 Å². The van der Waals surface area contributed by atoms with Crippen LogP contribution in [0.3, 0.4) is 0 Å². The number of benzene rings is 1. The van der Waals surface area contributed by atoms with Crippen molar-refractivity contribution in [3.8, 4) is 17.4 Å². The molecule has 6 heteroatoms. The first kappa shape index (κ1) is 15.6.